The molecular formula is C20H17ClN4O2S2. The molecule has 3 heterocycles. The molecule has 1 unspecified atom stereocenters. The maximum atomic E-state index is 12.9. The lowest BCUT2D eigenvalue weighted by molar-refractivity contribution is -0.125. The maximum Gasteiger partial charge on any atom is 0.249 e. The van der Waals surface area contributed by atoms with Crippen LogP contribution >= 0.6 is 34.3 Å². The number of hydrogen-bond donors (Lipinski definition) is 3. The van der Waals surface area contributed by atoms with Crippen LogP contribution in [0, 0.1) is 0 Å². The molecule has 3 N–H and O–H groups in total. The van der Waals surface area contributed by atoms with Gasteiger partial charge < -0.3 is 15.6 Å². The number of carbonyl (C=O) groups is 2. The summed E-state index contributed by atoms with van der Waals surface area (Å²) < 4.78 is 0.683. The van der Waals surface area contributed by atoms with Gasteiger partial charge in [0, 0.05) is 35.8 Å². The predicted octanol–water partition coefficient (Wildman–Crippen LogP) is 4.69. The summed E-state index contributed by atoms with van der Waals surface area (Å²) in [7, 11) is 0. The van der Waals surface area contributed by atoms with Crippen LogP contribution in [0.15, 0.2) is 48.0 Å². The number of carbonyl (C=O) groups excluding carboxylic acids is 2. The van der Waals surface area contributed by atoms with Crippen molar-refractivity contribution in [1.29, 1.82) is 0 Å². The monoisotopic (exact) mass is 444 g/mol. The van der Waals surface area contributed by atoms with Crippen LogP contribution in [0.4, 0.5) is 5.13 Å². The second-order valence-corrected chi connectivity index (χ2v) is 9.02. The Kier molecular flexibility index (Phi) is 5.66. The zero-order chi connectivity index (χ0) is 20.4. The molecular weight excluding hydrogens is 428 g/mol. The van der Waals surface area contributed by atoms with Crippen LogP contribution in [-0.2, 0) is 16.0 Å². The van der Waals surface area contributed by atoms with Crippen LogP contribution in [0.1, 0.15) is 12.5 Å². The maximum absolute atomic E-state index is 12.9. The van der Waals surface area contributed by atoms with Crippen LogP contribution in [0.5, 0.6) is 0 Å². The Labute approximate surface area is 179 Å². The number of benzene rings is 1. The molecule has 4 rings (SSSR count). The zero-order valence-electron chi connectivity index (χ0n) is 15.4. The first kappa shape index (κ1) is 19.6. The van der Waals surface area contributed by atoms with E-state index in [1.165, 1.54) is 29.6 Å². The molecule has 0 aliphatic carbocycles. The molecule has 6 nitrogen and oxygen atoms in total. The molecule has 0 fully saturated rings. The first-order valence-electron chi connectivity index (χ1n) is 8.84. The molecule has 2 amide bonds. The van der Waals surface area contributed by atoms with Gasteiger partial charge in [0.15, 0.2) is 5.13 Å². The van der Waals surface area contributed by atoms with E-state index < -0.39 is 6.04 Å². The van der Waals surface area contributed by atoms with Gasteiger partial charge in [0.1, 0.15) is 6.04 Å². The van der Waals surface area contributed by atoms with Gasteiger partial charge in [-0.15, -0.1) is 22.7 Å². The van der Waals surface area contributed by atoms with E-state index in [1.54, 1.807) is 0 Å². The minimum Gasteiger partial charge on any atom is -0.361 e. The Morgan fingerprint density at radius 2 is 2.07 bits per heavy atom. The van der Waals surface area contributed by atoms with Gasteiger partial charge in [-0.2, -0.15) is 0 Å². The van der Waals surface area contributed by atoms with Crippen molar-refractivity contribution in [3.8, 4) is 10.6 Å². The number of nitrogens with one attached hydrogen (secondary N) is 3. The van der Waals surface area contributed by atoms with Crippen molar-refractivity contribution in [1.82, 2.24) is 15.3 Å². The number of hydrogen-bond acceptors (Lipinski definition) is 5. The number of halogens is 1. The van der Waals surface area contributed by atoms with Gasteiger partial charge in [0.25, 0.3) is 0 Å². The van der Waals surface area contributed by atoms with Gasteiger partial charge in [0.2, 0.25) is 11.8 Å². The molecule has 9 heteroatoms. The summed E-state index contributed by atoms with van der Waals surface area (Å²) in [6.07, 6.45) is 2.24. The Bertz CT molecular complexity index is 1180. The largest absolute Gasteiger partial charge is 0.361 e. The van der Waals surface area contributed by atoms with Gasteiger partial charge in [-0.25, -0.2) is 4.98 Å². The fourth-order valence-electron chi connectivity index (χ4n) is 3.06. The van der Waals surface area contributed by atoms with Crippen molar-refractivity contribution in [3.63, 3.8) is 0 Å². The Balaban J connectivity index is 1.51. The van der Waals surface area contributed by atoms with E-state index in [2.05, 4.69) is 20.6 Å². The number of rotatable bonds is 6. The van der Waals surface area contributed by atoms with E-state index in [0.717, 1.165) is 27.0 Å². The number of anilines is 1. The summed E-state index contributed by atoms with van der Waals surface area (Å²) in [4.78, 5) is 33.1. The molecule has 29 heavy (non-hydrogen) atoms. The smallest absolute Gasteiger partial charge is 0.249 e. The minimum absolute atomic E-state index is 0.266. The molecule has 0 bridgehead atoms. The van der Waals surface area contributed by atoms with E-state index in [9.17, 15) is 9.59 Å². The Morgan fingerprint density at radius 3 is 2.83 bits per heavy atom. The van der Waals surface area contributed by atoms with Crippen molar-refractivity contribution in [2.45, 2.75) is 19.4 Å². The van der Waals surface area contributed by atoms with Crippen molar-refractivity contribution in [3.05, 3.63) is 57.9 Å². The summed E-state index contributed by atoms with van der Waals surface area (Å²) in [5.41, 5.74) is 2.71. The number of nitrogens with zero attached hydrogens (tertiary/aromatic N) is 1. The van der Waals surface area contributed by atoms with Gasteiger partial charge in [-0.05, 0) is 23.8 Å². The lowest BCUT2D eigenvalue weighted by Crippen LogP contribution is -2.44. The highest BCUT2D eigenvalue weighted by Gasteiger charge is 2.22. The first-order valence-corrected chi connectivity index (χ1v) is 10.9. The summed E-state index contributed by atoms with van der Waals surface area (Å²) in [5, 5.41) is 8.93. The van der Waals surface area contributed by atoms with Gasteiger partial charge in [0.05, 0.1) is 14.9 Å². The average molecular weight is 445 g/mol. The molecule has 0 saturated carbocycles. The minimum atomic E-state index is -0.713. The zero-order valence-corrected chi connectivity index (χ0v) is 17.8. The van der Waals surface area contributed by atoms with Gasteiger partial charge in [-0.3, -0.25) is 9.59 Å². The lowest BCUT2D eigenvalue weighted by atomic mass is 10.0. The Morgan fingerprint density at radius 1 is 1.24 bits per heavy atom. The van der Waals surface area contributed by atoms with Gasteiger partial charge >= 0.3 is 0 Å². The normalized spacial score (nSPS) is 12.1. The number of thiophene rings is 1. The van der Waals surface area contributed by atoms with E-state index in [4.69, 9.17) is 11.6 Å². The van der Waals surface area contributed by atoms with Crippen molar-refractivity contribution >= 4 is 62.1 Å². The van der Waals surface area contributed by atoms with Gasteiger partial charge in [-0.1, -0.05) is 29.8 Å². The second kappa shape index (κ2) is 8.36. The molecule has 148 valence electrons. The highest BCUT2D eigenvalue weighted by molar-refractivity contribution is 7.20. The third-order valence-electron chi connectivity index (χ3n) is 4.35. The molecule has 4 aromatic rings. The molecule has 0 aliphatic rings. The molecule has 1 atom stereocenters. The molecule has 0 radical (unpaired) electrons. The molecule has 1 aromatic carbocycles. The standard InChI is InChI=1S/C20H17ClN4O2S2/c1-11(26)23-15(8-12-9-22-14-5-3-2-4-13(12)14)19(27)25-20-24-16(10-28-20)17-6-7-18(21)29-17/h2-7,9-10,15,22H,8H2,1H3,(H,23,26)(H,24,25,27). The molecule has 0 spiro atoms. The van der Waals surface area contributed by atoms with E-state index in [1.807, 2.05) is 48.0 Å². The summed E-state index contributed by atoms with van der Waals surface area (Å²) in [6.45, 7) is 1.40. The lowest BCUT2D eigenvalue weighted by Gasteiger charge is -2.16. The molecule has 0 saturated heterocycles. The highest BCUT2D eigenvalue weighted by atomic mass is 35.5. The number of thiazole rings is 1. The van der Waals surface area contributed by atoms with Crippen molar-refractivity contribution in [2.75, 3.05) is 5.32 Å². The van der Waals surface area contributed by atoms with Crippen LogP contribution in [0.25, 0.3) is 21.5 Å². The average Bonchev–Trinajstić information content (AvgIpc) is 3.41. The topological polar surface area (TPSA) is 86.9 Å². The van der Waals surface area contributed by atoms with Crippen molar-refractivity contribution in [2.24, 2.45) is 0 Å². The quantitative estimate of drug-likeness (QED) is 0.403. The van der Waals surface area contributed by atoms with Crippen LogP contribution in [0.3, 0.4) is 0 Å². The van der Waals surface area contributed by atoms with E-state index in [-0.39, 0.29) is 11.8 Å². The molecule has 0 aliphatic heterocycles. The van der Waals surface area contributed by atoms with E-state index in [0.29, 0.717) is 15.9 Å². The number of H-pyrrole nitrogens is 1. The number of aromatic amines is 1. The summed E-state index contributed by atoms with van der Waals surface area (Å²) in [5.74, 6) is -0.575. The van der Waals surface area contributed by atoms with Crippen LogP contribution in [0.2, 0.25) is 4.34 Å². The summed E-state index contributed by atoms with van der Waals surface area (Å²) in [6, 6.07) is 10.8. The molecule has 3 aromatic heterocycles. The van der Waals surface area contributed by atoms with E-state index >= 15 is 0 Å². The summed E-state index contributed by atoms with van der Waals surface area (Å²) >= 11 is 8.74. The fraction of sp³-hybridized carbons (Fsp3) is 0.150. The van der Waals surface area contributed by atoms with Crippen molar-refractivity contribution < 1.29 is 9.59 Å². The third-order valence-corrected chi connectivity index (χ3v) is 6.36. The fourth-order valence-corrected chi connectivity index (χ4v) is 4.86. The van der Waals surface area contributed by atoms with Crippen LogP contribution in [-0.4, -0.2) is 27.8 Å². The van der Waals surface area contributed by atoms with Crippen LogP contribution < -0.4 is 10.6 Å². The number of aromatic nitrogens is 2. The number of para-hydroxylation sites is 1. The predicted molar refractivity (Wildman–Crippen MR) is 119 cm³/mol. The SMILES string of the molecule is CC(=O)NC(Cc1c[nH]c2ccccc12)C(=O)Nc1nc(-c2ccc(Cl)s2)cs1. The Hall–Kier alpha value is -2.68. The number of amides is 2. The second-order valence-electron chi connectivity index (χ2n) is 6.45. The highest BCUT2D eigenvalue weighted by Crippen LogP contribution is 2.33. The first-order chi connectivity index (χ1) is 14.0. The number of fused-ring (bicyclic) bond motifs is 1. The third kappa shape index (κ3) is 4.50.